The van der Waals surface area contributed by atoms with Gasteiger partial charge in [-0.15, -0.1) is 0 Å². The van der Waals surface area contributed by atoms with E-state index in [-0.39, 0.29) is 5.75 Å². The lowest BCUT2D eigenvalue weighted by atomic mass is 10.3. The summed E-state index contributed by atoms with van der Waals surface area (Å²) in [4.78, 5) is 1.94. The summed E-state index contributed by atoms with van der Waals surface area (Å²) in [6.45, 7) is 0.568. The fraction of sp³-hybridized carbons (Fsp3) is 0.250. The highest BCUT2D eigenvalue weighted by atomic mass is 16.5. The predicted octanol–water partition coefficient (Wildman–Crippen LogP) is 1.18. The van der Waals surface area contributed by atoms with Gasteiger partial charge in [-0.1, -0.05) is 0 Å². The van der Waals surface area contributed by atoms with Crippen molar-refractivity contribution in [1.82, 2.24) is 0 Å². The first-order chi connectivity index (χ1) is 5.27. The molecule has 0 aliphatic carbocycles. The smallest absolute Gasteiger partial charge is 0.161 e. The number of rotatable bonds is 0. The zero-order chi connectivity index (χ0) is 7.84. The summed E-state index contributed by atoms with van der Waals surface area (Å²) in [7, 11) is 1.92. The minimum Gasteiger partial charge on any atom is -0.508 e. The fourth-order valence-electron chi connectivity index (χ4n) is 1.16. The standard InChI is InChI=1S/C8H9NO2/c1-9-5-11-8-3-2-6(10)4-7(8)9/h2-4,10H,5H2,1H3. The number of phenolic OH excluding ortho intramolecular Hbond substituents is 1. The number of ether oxygens (including phenoxy) is 1. The van der Waals surface area contributed by atoms with E-state index < -0.39 is 0 Å². The van der Waals surface area contributed by atoms with Crippen LogP contribution in [0.1, 0.15) is 0 Å². The van der Waals surface area contributed by atoms with Gasteiger partial charge >= 0.3 is 0 Å². The second kappa shape index (κ2) is 2.05. The van der Waals surface area contributed by atoms with Gasteiger partial charge in [0.25, 0.3) is 0 Å². The maximum absolute atomic E-state index is 9.13. The number of benzene rings is 1. The quantitative estimate of drug-likeness (QED) is 0.604. The van der Waals surface area contributed by atoms with E-state index in [1.807, 2.05) is 11.9 Å². The van der Waals surface area contributed by atoms with Crippen molar-refractivity contribution in [3.63, 3.8) is 0 Å². The van der Waals surface area contributed by atoms with Gasteiger partial charge in [-0.05, 0) is 12.1 Å². The predicted molar refractivity (Wildman–Crippen MR) is 42.0 cm³/mol. The van der Waals surface area contributed by atoms with E-state index in [9.17, 15) is 0 Å². The van der Waals surface area contributed by atoms with Gasteiger partial charge in [0.15, 0.2) is 6.73 Å². The zero-order valence-corrected chi connectivity index (χ0v) is 6.24. The van der Waals surface area contributed by atoms with Crippen LogP contribution >= 0.6 is 0 Å². The fourth-order valence-corrected chi connectivity index (χ4v) is 1.16. The molecule has 0 aromatic heterocycles. The molecule has 0 atom stereocenters. The average Bonchev–Trinajstić information content (AvgIpc) is 2.33. The van der Waals surface area contributed by atoms with Gasteiger partial charge in [-0.3, -0.25) is 0 Å². The largest absolute Gasteiger partial charge is 0.508 e. The van der Waals surface area contributed by atoms with Crippen LogP contribution in [0.3, 0.4) is 0 Å². The van der Waals surface area contributed by atoms with Gasteiger partial charge in [-0.25, -0.2) is 0 Å². The summed E-state index contributed by atoms with van der Waals surface area (Å²) >= 11 is 0. The molecule has 0 spiro atoms. The van der Waals surface area contributed by atoms with E-state index in [1.54, 1.807) is 18.2 Å². The molecular weight excluding hydrogens is 142 g/mol. The molecule has 3 heteroatoms. The van der Waals surface area contributed by atoms with Crippen molar-refractivity contribution < 1.29 is 9.84 Å². The van der Waals surface area contributed by atoms with Crippen molar-refractivity contribution in [2.24, 2.45) is 0 Å². The van der Waals surface area contributed by atoms with E-state index in [2.05, 4.69) is 0 Å². The Balaban J connectivity index is 2.52. The van der Waals surface area contributed by atoms with Gasteiger partial charge in [0.2, 0.25) is 0 Å². The second-order valence-electron chi connectivity index (χ2n) is 2.62. The molecule has 1 heterocycles. The molecule has 0 bridgehead atoms. The van der Waals surface area contributed by atoms with Crippen molar-refractivity contribution in [3.8, 4) is 11.5 Å². The molecule has 3 nitrogen and oxygen atoms in total. The van der Waals surface area contributed by atoms with Crippen molar-refractivity contribution in [2.75, 3.05) is 18.7 Å². The first kappa shape index (κ1) is 6.34. The highest BCUT2D eigenvalue weighted by Crippen LogP contribution is 2.35. The number of nitrogens with zero attached hydrogens (tertiary/aromatic N) is 1. The van der Waals surface area contributed by atoms with E-state index in [4.69, 9.17) is 9.84 Å². The van der Waals surface area contributed by atoms with Gasteiger partial charge in [-0.2, -0.15) is 0 Å². The molecule has 0 radical (unpaired) electrons. The maximum atomic E-state index is 9.13. The monoisotopic (exact) mass is 151 g/mol. The van der Waals surface area contributed by atoms with Crippen LogP contribution in [0.2, 0.25) is 0 Å². The van der Waals surface area contributed by atoms with Crippen molar-refractivity contribution in [1.29, 1.82) is 0 Å². The number of fused-ring (bicyclic) bond motifs is 1. The number of hydrogen-bond acceptors (Lipinski definition) is 3. The molecule has 11 heavy (non-hydrogen) atoms. The number of hydrogen-bond donors (Lipinski definition) is 1. The number of anilines is 1. The minimum absolute atomic E-state index is 0.279. The van der Waals surface area contributed by atoms with Gasteiger partial charge in [0.1, 0.15) is 11.5 Å². The molecule has 0 fully saturated rings. The molecule has 1 aromatic carbocycles. The first-order valence-corrected chi connectivity index (χ1v) is 3.44. The Hall–Kier alpha value is -1.38. The Labute approximate surface area is 64.8 Å². The molecular formula is C8H9NO2. The molecule has 0 saturated heterocycles. The van der Waals surface area contributed by atoms with Gasteiger partial charge < -0.3 is 14.7 Å². The van der Waals surface area contributed by atoms with Crippen molar-refractivity contribution in [2.45, 2.75) is 0 Å². The topological polar surface area (TPSA) is 32.7 Å². The maximum Gasteiger partial charge on any atom is 0.161 e. The lowest BCUT2D eigenvalue weighted by molar-refractivity contribution is 0.353. The average molecular weight is 151 g/mol. The Morgan fingerprint density at radius 1 is 1.55 bits per heavy atom. The van der Waals surface area contributed by atoms with Crippen LogP contribution in [-0.4, -0.2) is 18.9 Å². The van der Waals surface area contributed by atoms with E-state index in [1.165, 1.54) is 0 Å². The first-order valence-electron chi connectivity index (χ1n) is 3.44. The van der Waals surface area contributed by atoms with Gasteiger partial charge in [0.05, 0.1) is 5.69 Å². The van der Waals surface area contributed by atoms with Crippen LogP contribution in [0.5, 0.6) is 11.5 Å². The second-order valence-corrected chi connectivity index (χ2v) is 2.62. The Morgan fingerprint density at radius 2 is 2.36 bits per heavy atom. The van der Waals surface area contributed by atoms with Crippen molar-refractivity contribution in [3.05, 3.63) is 18.2 Å². The summed E-state index contributed by atoms with van der Waals surface area (Å²) < 4.78 is 5.28. The lowest BCUT2D eigenvalue weighted by Gasteiger charge is -2.06. The highest BCUT2D eigenvalue weighted by Gasteiger charge is 2.16. The molecule has 2 rings (SSSR count). The number of phenols is 1. The Kier molecular flexibility index (Phi) is 1.18. The van der Waals surface area contributed by atoms with Crippen LogP contribution in [0.25, 0.3) is 0 Å². The lowest BCUT2D eigenvalue weighted by Crippen LogP contribution is -2.14. The SMILES string of the molecule is CN1COc2ccc(O)cc21. The van der Waals surface area contributed by atoms with E-state index >= 15 is 0 Å². The highest BCUT2D eigenvalue weighted by molar-refractivity contribution is 5.63. The summed E-state index contributed by atoms with van der Waals surface area (Å²) in [5.41, 5.74) is 0.949. The van der Waals surface area contributed by atoms with E-state index in [0.717, 1.165) is 11.4 Å². The van der Waals surface area contributed by atoms with Crippen LogP contribution in [0.4, 0.5) is 5.69 Å². The molecule has 1 N–H and O–H groups in total. The third-order valence-corrected chi connectivity index (χ3v) is 1.77. The van der Waals surface area contributed by atoms with Crippen LogP contribution in [0.15, 0.2) is 18.2 Å². The van der Waals surface area contributed by atoms with Crippen LogP contribution in [0, 0.1) is 0 Å². The molecule has 0 saturated carbocycles. The summed E-state index contributed by atoms with van der Waals surface area (Å²) in [6.07, 6.45) is 0. The molecule has 0 amide bonds. The summed E-state index contributed by atoms with van der Waals surface area (Å²) in [6, 6.07) is 5.09. The third kappa shape index (κ3) is 0.888. The summed E-state index contributed by atoms with van der Waals surface area (Å²) in [5.74, 6) is 1.12. The normalized spacial score (nSPS) is 14.5. The molecule has 1 aliphatic heterocycles. The molecule has 1 aromatic rings. The van der Waals surface area contributed by atoms with Crippen LogP contribution in [-0.2, 0) is 0 Å². The van der Waals surface area contributed by atoms with E-state index in [0.29, 0.717) is 6.73 Å². The number of aromatic hydroxyl groups is 1. The zero-order valence-electron chi connectivity index (χ0n) is 6.24. The minimum atomic E-state index is 0.279. The summed E-state index contributed by atoms with van der Waals surface area (Å²) in [5, 5.41) is 9.13. The van der Waals surface area contributed by atoms with Gasteiger partial charge in [0, 0.05) is 13.1 Å². The Bertz CT molecular complexity index is 285. The molecule has 58 valence electrons. The third-order valence-electron chi connectivity index (χ3n) is 1.77. The van der Waals surface area contributed by atoms with Crippen molar-refractivity contribution >= 4 is 5.69 Å². The Morgan fingerprint density at radius 3 is 3.18 bits per heavy atom. The molecule has 1 aliphatic rings. The van der Waals surface area contributed by atoms with Crippen LogP contribution < -0.4 is 9.64 Å². The molecule has 0 unspecified atom stereocenters.